The predicted octanol–water partition coefficient (Wildman–Crippen LogP) is 2.99. The lowest BCUT2D eigenvalue weighted by molar-refractivity contribution is -0.384. The molecule has 0 aliphatic carbocycles. The van der Waals surface area contributed by atoms with Crippen molar-refractivity contribution in [1.29, 1.82) is 0 Å². The monoisotopic (exact) mass is 329 g/mol. The van der Waals surface area contributed by atoms with E-state index in [1.807, 2.05) is 43.3 Å². The number of nitrogens with one attached hydrogen (secondary N) is 1. The van der Waals surface area contributed by atoms with Gasteiger partial charge in [0.05, 0.1) is 4.92 Å². The van der Waals surface area contributed by atoms with Crippen molar-refractivity contribution < 1.29 is 14.5 Å². The lowest BCUT2D eigenvalue weighted by Crippen LogP contribution is -2.20. The minimum absolute atomic E-state index is 0.00900. The standard InChI is InChI=1S/C17H19N3O4/c1-12-10-15(20(22)23)8-9-16(12)24-11-17(21)18-13-4-6-14(7-5-13)19(2)3/h4-10H,11H2,1-3H3,(H,18,21). The van der Waals surface area contributed by atoms with Crippen molar-refractivity contribution in [3.05, 3.63) is 58.1 Å². The highest BCUT2D eigenvalue weighted by atomic mass is 16.6. The summed E-state index contributed by atoms with van der Waals surface area (Å²) in [5, 5.41) is 13.4. The van der Waals surface area contributed by atoms with Crippen LogP contribution in [-0.2, 0) is 4.79 Å². The molecule has 0 bridgehead atoms. The van der Waals surface area contributed by atoms with Crippen molar-refractivity contribution in [2.75, 3.05) is 30.9 Å². The average molecular weight is 329 g/mol. The van der Waals surface area contributed by atoms with E-state index >= 15 is 0 Å². The van der Waals surface area contributed by atoms with Crippen LogP contribution >= 0.6 is 0 Å². The molecule has 126 valence electrons. The molecule has 0 aliphatic rings. The van der Waals surface area contributed by atoms with Crippen LogP contribution in [0.2, 0.25) is 0 Å². The first-order chi connectivity index (χ1) is 11.4. The highest BCUT2D eigenvalue weighted by Gasteiger charge is 2.10. The van der Waals surface area contributed by atoms with E-state index in [0.29, 0.717) is 17.0 Å². The molecule has 0 radical (unpaired) electrons. The number of nitro benzene ring substituents is 1. The first-order valence-electron chi connectivity index (χ1n) is 7.32. The second-order valence-corrected chi connectivity index (χ2v) is 5.49. The molecule has 7 heteroatoms. The third kappa shape index (κ3) is 4.45. The molecule has 7 nitrogen and oxygen atoms in total. The molecule has 0 spiro atoms. The summed E-state index contributed by atoms with van der Waals surface area (Å²) < 4.78 is 5.42. The van der Waals surface area contributed by atoms with Gasteiger partial charge in [-0.2, -0.15) is 0 Å². The highest BCUT2D eigenvalue weighted by Crippen LogP contribution is 2.23. The highest BCUT2D eigenvalue weighted by molar-refractivity contribution is 5.92. The maximum Gasteiger partial charge on any atom is 0.269 e. The van der Waals surface area contributed by atoms with E-state index in [9.17, 15) is 14.9 Å². The first-order valence-corrected chi connectivity index (χ1v) is 7.32. The summed E-state index contributed by atoms with van der Waals surface area (Å²) in [6.07, 6.45) is 0. The number of rotatable bonds is 6. The number of non-ortho nitro benzene ring substituents is 1. The third-order valence-corrected chi connectivity index (χ3v) is 3.40. The van der Waals surface area contributed by atoms with Crippen LogP contribution in [0.4, 0.5) is 17.1 Å². The molecule has 1 amide bonds. The summed E-state index contributed by atoms with van der Waals surface area (Å²) in [7, 11) is 3.88. The van der Waals surface area contributed by atoms with Gasteiger partial charge in [-0.05, 0) is 42.8 Å². The van der Waals surface area contributed by atoms with Crippen LogP contribution in [0.5, 0.6) is 5.75 Å². The molecule has 0 aromatic heterocycles. The van der Waals surface area contributed by atoms with Crippen LogP contribution in [0.1, 0.15) is 5.56 Å². The lowest BCUT2D eigenvalue weighted by atomic mass is 10.2. The minimum Gasteiger partial charge on any atom is -0.483 e. The zero-order valence-corrected chi connectivity index (χ0v) is 13.8. The zero-order chi connectivity index (χ0) is 17.7. The Morgan fingerprint density at radius 2 is 1.88 bits per heavy atom. The SMILES string of the molecule is Cc1cc([N+](=O)[O-])ccc1OCC(=O)Nc1ccc(N(C)C)cc1. The number of nitro groups is 1. The fourth-order valence-corrected chi connectivity index (χ4v) is 2.09. The predicted molar refractivity (Wildman–Crippen MR) is 92.7 cm³/mol. The third-order valence-electron chi connectivity index (χ3n) is 3.40. The van der Waals surface area contributed by atoms with Crippen LogP contribution in [0.3, 0.4) is 0 Å². The minimum atomic E-state index is -0.471. The van der Waals surface area contributed by atoms with E-state index in [0.717, 1.165) is 5.69 Å². The fraction of sp³-hybridized carbons (Fsp3) is 0.235. The molecule has 0 atom stereocenters. The molecule has 0 saturated carbocycles. The van der Waals surface area contributed by atoms with E-state index in [1.54, 1.807) is 6.92 Å². The van der Waals surface area contributed by atoms with Crippen LogP contribution in [-0.4, -0.2) is 31.5 Å². The number of nitrogens with zero attached hydrogens (tertiary/aromatic N) is 2. The molecule has 0 fully saturated rings. The number of carbonyl (C=O) groups is 1. The number of amides is 1. The maximum atomic E-state index is 11.9. The van der Waals surface area contributed by atoms with E-state index < -0.39 is 4.92 Å². The summed E-state index contributed by atoms with van der Waals surface area (Å²) in [5.74, 6) is 0.143. The number of benzene rings is 2. The van der Waals surface area contributed by atoms with Gasteiger partial charge in [-0.15, -0.1) is 0 Å². The van der Waals surface area contributed by atoms with Crippen molar-refractivity contribution in [3.63, 3.8) is 0 Å². The molecular formula is C17H19N3O4. The Morgan fingerprint density at radius 3 is 2.42 bits per heavy atom. The second-order valence-electron chi connectivity index (χ2n) is 5.49. The van der Waals surface area contributed by atoms with Crippen LogP contribution in [0, 0.1) is 17.0 Å². The number of anilines is 2. The molecular weight excluding hydrogens is 310 g/mol. The number of ether oxygens (including phenoxy) is 1. The summed E-state index contributed by atoms with van der Waals surface area (Å²) in [5.41, 5.74) is 2.30. The molecule has 2 aromatic carbocycles. The van der Waals surface area contributed by atoms with Gasteiger partial charge in [-0.3, -0.25) is 14.9 Å². The first kappa shape index (κ1) is 17.3. The van der Waals surface area contributed by atoms with Crippen LogP contribution in [0.25, 0.3) is 0 Å². The average Bonchev–Trinajstić information content (AvgIpc) is 2.54. The van der Waals surface area contributed by atoms with Gasteiger partial charge in [-0.1, -0.05) is 0 Å². The van der Waals surface area contributed by atoms with Gasteiger partial charge in [0.15, 0.2) is 6.61 Å². The Kier molecular flexibility index (Phi) is 5.36. The molecule has 0 saturated heterocycles. The fourth-order valence-electron chi connectivity index (χ4n) is 2.09. The van der Waals surface area contributed by atoms with Crippen molar-refractivity contribution in [2.45, 2.75) is 6.92 Å². The number of hydrogen-bond donors (Lipinski definition) is 1. The van der Waals surface area contributed by atoms with E-state index in [1.165, 1.54) is 18.2 Å². The largest absolute Gasteiger partial charge is 0.483 e. The Hall–Kier alpha value is -3.09. The normalized spacial score (nSPS) is 10.1. The summed E-state index contributed by atoms with van der Waals surface area (Å²) in [6.45, 7) is 1.52. The van der Waals surface area contributed by atoms with Gasteiger partial charge in [-0.25, -0.2) is 0 Å². The molecule has 2 aromatic rings. The Bertz CT molecular complexity index is 742. The lowest BCUT2D eigenvalue weighted by Gasteiger charge is -2.13. The molecule has 1 N–H and O–H groups in total. The van der Waals surface area contributed by atoms with Gasteiger partial charge in [0.1, 0.15) is 5.75 Å². The van der Waals surface area contributed by atoms with Gasteiger partial charge >= 0.3 is 0 Å². The number of hydrogen-bond acceptors (Lipinski definition) is 5. The molecule has 2 rings (SSSR count). The van der Waals surface area contributed by atoms with Crippen molar-refractivity contribution in [1.82, 2.24) is 0 Å². The topological polar surface area (TPSA) is 84.7 Å². The maximum absolute atomic E-state index is 11.9. The van der Waals surface area contributed by atoms with Gasteiger partial charge in [0.25, 0.3) is 11.6 Å². The van der Waals surface area contributed by atoms with Crippen LogP contribution in [0.15, 0.2) is 42.5 Å². The van der Waals surface area contributed by atoms with Crippen LogP contribution < -0.4 is 15.0 Å². The van der Waals surface area contributed by atoms with Gasteiger partial charge < -0.3 is 15.0 Å². The van der Waals surface area contributed by atoms with Crippen molar-refractivity contribution in [3.8, 4) is 5.75 Å². The Balaban J connectivity index is 1.92. The Labute approximate surface area is 140 Å². The second kappa shape index (κ2) is 7.45. The molecule has 0 aliphatic heterocycles. The molecule has 0 unspecified atom stereocenters. The van der Waals surface area contributed by atoms with Gasteiger partial charge in [0, 0.05) is 37.6 Å². The number of aryl methyl sites for hydroxylation is 1. The smallest absolute Gasteiger partial charge is 0.269 e. The molecule has 24 heavy (non-hydrogen) atoms. The molecule has 0 heterocycles. The summed E-state index contributed by atoms with van der Waals surface area (Å²) >= 11 is 0. The van der Waals surface area contributed by atoms with E-state index in [2.05, 4.69) is 5.32 Å². The van der Waals surface area contributed by atoms with Gasteiger partial charge in [0.2, 0.25) is 0 Å². The summed E-state index contributed by atoms with van der Waals surface area (Å²) in [4.78, 5) is 24.1. The van der Waals surface area contributed by atoms with E-state index in [-0.39, 0.29) is 18.2 Å². The van der Waals surface area contributed by atoms with Crippen molar-refractivity contribution in [2.24, 2.45) is 0 Å². The van der Waals surface area contributed by atoms with Crippen molar-refractivity contribution >= 4 is 23.0 Å². The number of carbonyl (C=O) groups excluding carboxylic acids is 1. The zero-order valence-electron chi connectivity index (χ0n) is 13.8. The Morgan fingerprint density at radius 1 is 1.21 bits per heavy atom. The quantitative estimate of drug-likeness (QED) is 0.650. The summed E-state index contributed by atoms with van der Waals surface area (Å²) in [6, 6.07) is 11.7. The van der Waals surface area contributed by atoms with E-state index in [4.69, 9.17) is 4.74 Å².